The number of rotatable bonds is 6. The number of H-pyrrole nitrogens is 1. The van der Waals surface area contributed by atoms with E-state index in [1.807, 2.05) is 19.1 Å². The zero-order chi connectivity index (χ0) is 17.9. The van der Waals surface area contributed by atoms with Crippen molar-refractivity contribution in [2.45, 2.75) is 60.0 Å². The van der Waals surface area contributed by atoms with E-state index in [9.17, 15) is 4.79 Å². The SMILES string of the molecule is CCCc1n[nH]c(=S)n1CC(=O)N[C@@H](c1ccc(C)o1)C(C)(C)C. The third-order valence-corrected chi connectivity index (χ3v) is 4.14. The summed E-state index contributed by atoms with van der Waals surface area (Å²) in [7, 11) is 0. The van der Waals surface area contributed by atoms with E-state index in [0.29, 0.717) is 4.77 Å². The normalized spacial score (nSPS) is 13.0. The number of hydrogen-bond acceptors (Lipinski definition) is 4. The van der Waals surface area contributed by atoms with Gasteiger partial charge < -0.3 is 9.73 Å². The van der Waals surface area contributed by atoms with Crippen molar-refractivity contribution in [2.75, 3.05) is 0 Å². The lowest BCUT2D eigenvalue weighted by Crippen LogP contribution is -2.38. The Morgan fingerprint density at radius 1 is 1.46 bits per heavy atom. The van der Waals surface area contributed by atoms with Crippen LogP contribution in [-0.2, 0) is 17.8 Å². The smallest absolute Gasteiger partial charge is 0.240 e. The summed E-state index contributed by atoms with van der Waals surface area (Å²) in [6, 6.07) is 3.61. The number of nitrogens with zero attached hydrogens (tertiary/aromatic N) is 2. The molecule has 0 aliphatic carbocycles. The van der Waals surface area contributed by atoms with Gasteiger partial charge in [-0.05, 0) is 43.1 Å². The van der Waals surface area contributed by atoms with E-state index in [-0.39, 0.29) is 23.9 Å². The molecule has 24 heavy (non-hydrogen) atoms. The number of aromatic amines is 1. The molecule has 0 radical (unpaired) electrons. The first-order valence-corrected chi connectivity index (χ1v) is 8.63. The van der Waals surface area contributed by atoms with Crippen LogP contribution in [0.4, 0.5) is 0 Å². The van der Waals surface area contributed by atoms with Crippen molar-refractivity contribution in [1.29, 1.82) is 0 Å². The lowest BCUT2D eigenvalue weighted by Gasteiger charge is -2.30. The summed E-state index contributed by atoms with van der Waals surface area (Å²) in [5.74, 6) is 2.28. The standard InChI is InChI=1S/C17H26N4O2S/c1-6-7-13-19-20-16(24)21(13)10-14(22)18-15(17(3,4)5)12-9-8-11(2)23-12/h8-9,15H,6-7,10H2,1-5H3,(H,18,22)(H,20,24)/t15-/m0/s1. The third kappa shape index (κ3) is 4.35. The Labute approximate surface area is 147 Å². The van der Waals surface area contributed by atoms with Gasteiger partial charge in [0, 0.05) is 6.42 Å². The molecular formula is C17H26N4O2S. The quantitative estimate of drug-likeness (QED) is 0.779. The van der Waals surface area contributed by atoms with Crippen LogP contribution in [0.5, 0.6) is 0 Å². The summed E-state index contributed by atoms with van der Waals surface area (Å²) in [5.41, 5.74) is -0.177. The molecule has 6 nitrogen and oxygen atoms in total. The minimum atomic E-state index is -0.214. The molecule has 2 heterocycles. The highest BCUT2D eigenvalue weighted by Crippen LogP contribution is 2.33. The summed E-state index contributed by atoms with van der Waals surface area (Å²) in [4.78, 5) is 12.6. The summed E-state index contributed by atoms with van der Waals surface area (Å²) in [6.07, 6.45) is 1.72. The largest absolute Gasteiger partial charge is 0.464 e. The zero-order valence-corrected chi connectivity index (χ0v) is 15.8. The maximum atomic E-state index is 12.6. The molecule has 0 aliphatic heterocycles. The van der Waals surface area contributed by atoms with Gasteiger partial charge in [0.15, 0.2) is 4.77 Å². The van der Waals surface area contributed by atoms with Gasteiger partial charge in [0.25, 0.3) is 0 Å². The third-order valence-electron chi connectivity index (χ3n) is 3.83. The van der Waals surface area contributed by atoms with Crippen molar-refractivity contribution in [1.82, 2.24) is 20.1 Å². The van der Waals surface area contributed by atoms with E-state index >= 15 is 0 Å². The molecule has 0 unspecified atom stereocenters. The van der Waals surface area contributed by atoms with Crippen LogP contribution in [0.15, 0.2) is 16.5 Å². The number of aryl methyl sites for hydroxylation is 2. The molecule has 1 amide bonds. The van der Waals surface area contributed by atoms with Gasteiger partial charge in [0.05, 0.1) is 6.04 Å². The van der Waals surface area contributed by atoms with E-state index in [2.05, 4.69) is 43.2 Å². The van der Waals surface area contributed by atoms with Crippen molar-refractivity contribution in [3.8, 4) is 0 Å². The second-order valence-electron chi connectivity index (χ2n) is 7.10. The molecule has 2 aromatic rings. The summed E-state index contributed by atoms with van der Waals surface area (Å²) in [5, 5.41) is 10.0. The monoisotopic (exact) mass is 350 g/mol. The first-order valence-electron chi connectivity index (χ1n) is 8.22. The van der Waals surface area contributed by atoms with Gasteiger partial charge in [-0.15, -0.1) is 0 Å². The molecule has 0 aliphatic rings. The van der Waals surface area contributed by atoms with Crippen molar-refractivity contribution in [3.63, 3.8) is 0 Å². The lowest BCUT2D eigenvalue weighted by molar-refractivity contribution is -0.123. The lowest BCUT2D eigenvalue weighted by atomic mass is 9.85. The predicted octanol–water partition coefficient (Wildman–Crippen LogP) is 3.70. The van der Waals surface area contributed by atoms with E-state index in [0.717, 1.165) is 30.2 Å². The first kappa shape index (κ1) is 18.4. The second-order valence-corrected chi connectivity index (χ2v) is 7.48. The Hall–Kier alpha value is -1.89. The van der Waals surface area contributed by atoms with E-state index in [4.69, 9.17) is 16.6 Å². The number of carbonyl (C=O) groups is 1. The maximum Gasteiger partial charge on any atom is 0.240 e. The zero-order valence-electron chi connectivity index (χ0n) is 15.0. The van der Waals surface area contributed by atoms with Crippen LogP contribution in [0, 0.1) is 17.1 Å². The van der Waals surface area contributed by atoms with Gasteiger partial charge in [-0.3, -0.25) is 14.5 Å². The molecule has 7 heteroatoms. The van der Waals surface area contributed by atoms with E-state index < -0.39 is 0 Å². The Bertz CT molecular complexity index is 751. The van der Waals surface area contributed by atoms with Crippen LogP contribution < -0.4 is 5.32 Å². The number of nitrogens with one attached hydrogen (secondary N) is 2. The van der Waals surface area contributed by atoms with Crippen LogP contribution in [-0.4, -0.2) is 20.7 Å². The number of amides is 1. The number of aromatic nitrogens is 3. The minimum absolute atomic E-state index is 0.112. The first-order chi connectivity index (χ1) is 11.2. The highest BCUT2D eigenvalue weighted by atomic mass is 32.1. The molecule has 2 N–H and O–H groups in total. The van der Waals surface area contributed by atoms with E-state index in [1.54, 1.807) is 4.57 Å². The molecule has 0 bridgehead atoms. The summed E-state index contributed by atoms with van der Waals surface area (Å²) < 4.78 is 7.95. The average Bonchev–Trinajstić information content (AvgIpc) is 3.04. The van der Waals surface area contributed by atoms with Gasteiger partial charge in [-0.2, -0.15) is 5.10 Å². The minimum Gasteiger partial charge on any atom is -0.464 e. The van der Waals surface area contributed by atoms with Crippen molar-refractivity contribution in [2.24, 2.45) is 5.41 Å². The molecule has 2 aromatic heterocycles. The molecule has 2 rings (SSSR count). The highest BCUT2D eigenvalue weighted by Gasteiger charge is 2.30. The molecular weight excluding hydrogens is 324 g/mol. The molecule has 0 fully saturated rings. The van der Waals surface area contributed by atoms with Crippen LogP contribution in [0.1, 0.15) is 57.5 Å². The topological polar surface area (TPSA) is 75.8 Å². The fourth-order valence-corrected chi connectivity index (χ4v) is 2.82. The van der Waals surface area contributed by atoms with Gasteiger partial charge in [0.1, 0.15) is 23.9 Å². The van der Waals surface area contributed by atoms with Crippen LogP contribution in [0.2, 0.25) is 0 Å². The van der Waals surface area contributed by atoms with Gasteiger partial charge >= 0.3 is 0 Å². The Balaban J connectivity index is 2.17. The Morgan fingerprint density at radius 2 is 2.17 bits per heavy atom. The molecule has 0 aromatic carbocycles. The van der Waals surface area contributed by atoms with Crippen molar-refractivity contribution in [3.05, 3.63) is 34.2 Å². The average molecular weight is 350 g/mol. The fraction of sp³-hybridized carbons (Fsp3) is 0.588. The maximum absolute atomic E-state index is 12.6. The molecule has 0 spiro atoms. The molecule has 0 saturated heterocycles. The van der Waals surface area contributed by atoms with E-state index in [1.165, 1.54) is 0 Å². The summed E-state index contributed by atoms with van der Waals surface area (Å²) >= 11 is 5.24. The summed E-state index contributed by atoms with van der Waals surface area (Å²) in [6.45, 7) is 10.3. The second kappa shape index (κ2) is 7.34. The van der Waals surface area contributed by atoms with Gasteiger partial charge in [0.2, 0.25) is 5.91 Å². The van der Waals surface area contributed by atoms with Gasteiger partial charge in [-0.25, -0.2) is 0 Å². The molecule has 0 saturated carbocycles. The molecule has 1 atom stereocenters. The van der Waals surface area contributed by atoms with Crippen LogP contribution in [0.3, 0.4) is 0 Å². The highest BCUT2D eigenvalue weighted by molar-refractivity contribution is 7.71. The van der Waals surface area contributed by atoms with Crippen LogP contribution in [0.25, 0.3) is 0 Å². The number of hydrogen-bond donors (Lipinski definition) is 2. The number of furan rings is 1. The Kier molecular flexibility index (Phi) is 5.64. The van der Waals surface area contributed by atoms with Crippen molar-refractivity contribution >= 4 is 18.1 Å². The fourth-order valence-electron chi connectivity index (χ4n) is 2.60. The van der Waals surface area contributed by atoms with Gasteiger partial charge in [-0.1, -0.05) is 27.7 Å². The van der Waals surface area contributed by atoms with Crippen LogP contribution >= 0.6 is 12.2 Å². The molecule has 132 valence electrons. The van der Waals surface area contributed by atoms with Crippen molar-refractivity contribution < 1.29 is 9.21 Å². The number of carbonyl (C=O) groups excluding carboxylic acids is 1. The Morgan fingerprint density at radius 3 is 2.71 bits per heavy atom. The predicted molar refractivity (Wildman–Crippen MR) is 95.2 cm³/mol.